The molecule has 1 aliphatic heterocycles. The summed E-state index contributed by atoms with van der Waals surface area (Å²) in [5.74, 6) is -1.90. The van der Waals surface area contributed by atoms with E-state index in [0.717, 1.165) is 16.5 Å². The zero-order valence-corrected chi connectivity index (χ0v) is 23.0. The number of carbonyl (C=O) groups excluding carboxylic acids is 3. The average Bonchev–Trinajstić information content (AvgIpc) is 2.98. The third-order valence-corrected chi connectivity index (χ3v) is 8.13. The first kappa shape index (κ1) is 29.0. The van der Waals surface area contributed by atoms with Gasteiger partial charge >= 0.3 is 5.97 Å². The SMILES string of the molecule is CCOC(=O)C(CNC(=O)C1CCN(c2ccncc2)CC1)NC(=O)CNS(=O)(=O)c1ccc2ccccc2c1. The Morgan fingerprint density at radius 2 is 1.73 bits per heavy atom. The Bertz CT molecular complexity index is 1440. The predicted octanol–water partition coefficient (Wildman–Crippen LogP) is 1.59. The van der Waals surface area contributed by atoms with E-state index in [1.54, 1.807) is 37.5 Å². The summed E-state index contributed by atoms with van der Waals surface area (Å²) in [6, 6.07) is 14.7. The number of esters is 1. The van der Waals surface area contributed by atoms with E-state index < -0.39 is 34.5 Å². The van der Waals surface area contributed by atoms with E-state index in [-0.39, 0.29) is 29.9 Å². The van der Waals surface area contributed by atoms with Crippen LogP contribution in [0, 0.1) is 5.92 Å². The zero-order chi connectivity index (χ0) is 28.5. The highest BCUT2D eigenvalue weighted by Gasteiger charge is 2.28. The second kappa shape index (κ2) is 13.4. The highest BCUT2D eigenvalue weighted by Crippen LogP contribution is 2.23. The Labute approximate surface area is 233 Å². The van der Waals surface area contributed by atoms with Gasteiger partial charge in [0.2, 0.25) is 21.8 Å². The fourth-order valence-electron chi connectivity index (χ4n) is 4.56. The number of sulfonamides is 1. The van der Waals surface area contributed by atoms with Crippen molar-refractivity contribution in [1.82, 2.24) is 20.3 Å². The topological polar surface area (TPSA) is 147 Å². The Hall–Kier alpha value is -4.03. The number of pyridine rings is 1. The number of amides is 2. The maximum atomic E-state index is 12.8. The molecule has 1 atom stereocenters. The molecule has 2 amide bonds. The van der Waals surface area contributed by atoms with Crippen LogP contribution in [-0.2, 0) is 29.1 Å². The quantitative estimate of drug-likeness (QED) is 0.296. The molecule has 40 heavy (non-hydrogen) atoms. The van der Waals surface area contributed by atoms with Crippen molar-refractivity contribution in [3.05, 3.63) is 67.0 Å². The van der Waals surface area contributed by atoms with Crippen molar-refractivity contribution in [3.63, 3.8) is 0 Å². The Balaban J connectivity index is 1.29. The first-order valence-corrected chi connectivity index (χ1v) is 14.6. The van der Waals surface area contributed by atoms with Gasteiger partial charge in [0, 0.05) is 43.6 Å². The second-order valence-corrected chi connectivity index (χ2v) is 11.2. The van der Waals surface area contributed by atoms with Gasteiger partial charge in [-0.2, -0.15) is 0 Å². The number of ether oxygens (including phenoxy) is 1. The van der Waals surface area contributed by atoms with Crippen molar-refractivity contribution in [2.24, 2.45) is 5.92 Å². The number of hydrogen-bond acceptors (Lipinski definition) is 8. The first-order valence-electron chi connectivity index (χ1n) is 13.1. The maximum absolute atomic E-state index is 12.8. The van der Waals surface area contributed by atoms with Gasteiger partial charge in [-0.1, -0.05) is 30.3 Å². The molecule has 0 radical (unpaired) electrons. The van der Waals surface area contributed by atoms with Crippen LogP contribution in [0.5, 0.6) is 0 Å². The molecule has 1 aromatic heterocycles. The molecule has 3 aromatic rings. The minimum absolute atomic E-state index is 0.0168. The second-order valence-electron chi connectivity index (χ2n) is 9.42. The molecular weight excluding hydrogens is 534 g/mol. The van der Waals surface area contributed by atoms with Crippen molar-refractivity contribution in [1.29, 1.82) is 0 Å². The summed E-state index contributed by atoms with van der Waals surface area (Å²) < 4.78 is 32.8. The van der Waals surface area contributed by atoms with Gasteiger partial charge in [0.15, 0.2) is 0 Å². The van der Waals surface area contributed by atoms with E-state index in [9.17, 15) is 22.8 Å². The highest BCUT2D eigenvalue weighted by atomic mass is 32.2. The highest BCUT2D eigenvalue weighted by molar-refractivity contribution is 7.89. The molecule has 2 heterocycles. The molecule has 1 aliphatic rings. The summed E-state index contributed by atoms with van der Waals surface area (Å²) >= 11 is 0. The lowest BCUT2D eigenvalue weighted by Crippen LogP contribution is -2.52. The van der Waals surface area contributed by atoms with E-state index in [4.69, 9.17) is 4.74 Å². The minimum Gasteiger partial charge on any atom is -0.464 e. The van der Waals surface area contributed by atoms with E-state index in [2.05, 4.69) is 25.2 Å². The summed E-state index contributed by atoms with van der Waals surface area (Å²) in [6.45, 7) is 2.36. The smallest absolute Gasteiger partial charge is 0.330 e. The Morgan fingerprint density at radius 1 is 1.02 bits per heavy atom. The monoisotopic (exact) mass is 567 g/mol. The fraction of sp³-hybridized carbons (Fsp3) is 0.357. The van der Waals surface area contributed by atoms with E-state index >= 15 is 0 Å². The molecule has 0 aliphatic carbocycles. The molecule has 3 N–H and O–H groups in total. The van der Waals surface area contributed by atoms with Crippen LogP contribution < -0.4 is 20.3 Å². The number of fused-ring (bicyclic) bond motifs is 1. The Kier molecular flexibility index (Phi) is 9.67. The van der Waals surface area contributed by atoms with Gasteiger partial charge in [0.1, 0.15) is 6.04 Å². The fourth-order valence-corrected chi connectivity index (χ4v) is 5.58. The molecule has 1 unspecified atom stereocenters. The number of carbonyl (C=O) groups is 3. The molecule has 212 valence electrons. The lowest BCUT2D eigenvalue weighted by Gasteiger charge is -2.33. The number of hydrogen-bond donors (Lipinski definition) is 3. The molecule has 0 spiro atoms. The van der Waals surface area contributed by atoms with Crippen molar-refractivity contribution >= 4 is 44.3 Å². The van der Waals surface area contributed by atoms with E-state index in [1.807, 2.05) is 24.3 Å². The van der Waals surface area contributed by atoms with Crippen LogP contribution in [-0.4, -0.2) is 70.0 Å². The number of anilines is 1. The molecule has 4 rings (SSSR count). The summed E-state index contributed by atoms with van der Waals surface area (Å²) in [6.07, 6.45) is 4.74. The lowest BCUT2D eigenvalue weighted by atomic mass is 9.95. The molecule has 0 saturated carbocycles. The zero-order valence-electron chi connectivity index (χ0n) is 22.2. The van der Waals surface area contributed by atoms with Crippen LogP contribution in [0.1, 0.15) is 19.8 Å². The van der Waals surface area contributed by atoms with E-state index in [1.165, 1.54) is 12.1 Å². The van der Waals surface area contributed by atoms with Crippen LogP contribution in [0.2, 0.25) is 0 Å². The lowest BCUT2D eigenvalue weighted by molar-refractivity contribution is -0.147. The standard InChI is InChI=1S/C28H33N5O6S/c1-2-39-28(36)25(18-30-27(35)21-11-15-33(16-12-21)23-9-13-29-14-10-23)32-26(34)19-31-40(37,38)24-8-7-20-5-3-4-6-22(20)17-24/h3-10,13-14,17,21,25,31H,2,11-12,15-16,18-19H2,1H3,(H,30,35)(H,32,34). The van der Waals surface area contributed by atoms with Crippen LogP contribution in [0.4, 0.5) is 5.69 Å². The number of aromatic nitrogens is 1. The van der Waals surface area contributed by atoms with Crippen molar-refractivity contribution in [2.75, 3.05) is 37.7 Å². The number of nitrogens with zero attached hydrogens (tertiary/aromatic N) is 2. The van der Waals surface area contributed by atoms with Crippen molar-refractivity contribution in [2.45, 2.75) is 30.7 Å². The van der Waals surface area contributed by atoms with Crippen LogP contribution in [0.25, 0.3) is 10.8 Å². The van der Waals surface area contributed by atoms with Crippen molar-refractivity contribution in [3.8, 4) is 0 Å². The average molecular weight is 568 g/mol. The largest absolute Gasteiger partial charge is 0.464 e. The third kappa shape index (κ3) is 7.54. The van der Waals surface area contributed by atoms with Gasteiger partial charge < -0.3 is 20.3 Å². The molecule has 12 heteroatoms. The van der Waals surface area contributed by atoms with Gasteiger partial charge in [-0.25, -0.2) is 17.9 Å². The van der Waals surface area contributed by atoms with Crippen molar-refractivity contribution < 1.29 is 27.5 Å². The molecule has 2 aromatic carbocycles. The van der Waals surface area contributed by atoms with Gasteiger partial charge in [-0.15, -0.1) is 0 Å². The van der Waals surface area contributed by atoms with Crippen LogP contribution in [0.3, 0.4) is 0 Å². The number of benzene rings is 2. The summed E-state index contributed by atoms with van der Waals surface area (Å²) in [5.41, 5.74) is 1.05. The summed E-state index contributed by atoms with van der Waals surface area (Å²) in [5, 5.41) is 6.85. The van der Waals surface area contributed by atoms with E-state index in [0.29, 0.717) is 25.9 Å². The van der Waals surface area contributed by atoms with Gasteiger partial charge in [0.05, 0.1) is 18.0 Å². The van der Waals surface area contributed by atoms with Gasteiger partial charge in [0.25, 0.3) is 0 Å². The third-order valence-electron chi connectivity index (χ3n) is 6.73. The first-order chi connectivity index (χ1) is 19.3. The Morgan fingerprint density at radius 3 is 2.42 bits per heavy atom. The normalized spacial score (nSPS) is 14.9. The number of nitrogens with one attached hydrogen (secondary N) is 3. The van der Waals surface area contributed by atoms with Crippen LogP contribution in [0.15, 0.2) is 71.9 Å². The van der Waals surface area contributed by atoms with Crippen LogP contribution >= 0.6 is 0 Å². The number of piperidine rings is 1. The summed E-state index contributed by atoms with van der Waals surface area (Å²) in [4.78, 5) is 44.1. The molecule has 11 nitrogen and oxygen atoms in total. The number of rotatable bonds is 11. The molecule has 1 saturated heterocycles. The predicted molar refractivity (Wildman–Crippen MR) is 150 cm³/mol. The molecular formula is C28H33N5O6S. The summed E-state index contributed by atoms with van der Waals surface area (Å²) in [7, 11) is -3.98. The minimum atomic E-state index is -3.98. The van der Waals surface area contributed by atoms with Gasteiger partial charge in [-0.05, 0) is 54.8 Å². The maximum Gasteiger partial charge on any atom is 0.330 e. The molecule has 1 fully saturated rings. The molecule has 0 bridgehead atoms. The van der Waals surface area contributed by atoms with Gasteiger partial charge in [-0.3, -0.25) is 14.6 Å².